The molecule has 1 aliphatic rings. The molecular formula is C13H21NS. The van der Waals surface area contributed by atoms with E-state index in [0.717, 1.165) is 5.92 Å². The number of aryl methyl sites for hydroxylation is 1. The first kappa shape index (κ1) is 11.2. The Kier molecular flexibility index (Phi) is 3.81. The lowest BCUT2D eigenvalue weighted by Gasteiger charge is -2.11. The lowest BCUT2D eigenvalue weighted by atomic mass is 10.2. The molecule has 0 saturated heterocycles. The first-order valence-corrected chi connectivity index (χ1v) is 6.87. The van der Waals surface area contributed by atoms with E-state index in [1.54, 1.807) is 0 Å². The average Bonchev–Trinajstić information content (AvgIpc) is 2.94. The van der Waals surface area contributed by atoms with Crippen LogP contribution in [0.5, 0.6) is 0 Å². The molecule has 15 heavy (non-hydrogen) atoms. The fourth-order valence-corrected chi connectivity index (χ4v) is 2.81. The lowest BCUT2D eigenvalue weighted by molar-refractivity contribution is 0.538. The largest absolute Gasteiger partial charge is 0.309 e. The molecule has 0 bridgehead atoms. The summed E-state index contributed by atoms with van der Waals surface area (Å²) in [5.74, 6) is 1.08. The molecule has 1 fully saturated rings. The van der Waals surface area contributed by atoms with Crippen LogP contribution in [0.25, 0.3) is 0 Å². The monoisotopic (exact) mass is 223 g/mol. The Labute approximate surface area is 96.9 Å². The van der Waals surface area contributed by atoms with Gasteiger partial charge in [0.15, 0.2) is 0 Å². The Bertz CT molecular complexity index is 301. The van der Waals surface area contributed by atoms with E-state index in [0.29, 0.717) is 6.04 Å². The van der Waals surface area contributed by atoms with Crippen LogP contribution in [0.15, 0.2) is 12.1 Å². The fourth-order valence-electron chi connectivity index (χ4n) is 1.90. The molecular weight excluding hydrogens is 202 g/mol. The number of nitrogens with one attached hydrogen (secondary N) is 1. The van der Waals surface area contributed by atoms with Crippen LogP contribution in [-0.2, 0) is 0 Å². The van der Waals surface area contributed by atoms with Crippen LogP contribution in [0.1, 0.15) is 48.4 Å². The van der Waals surface area contributed by atoms with Gasteiger partial charge < -0.3 is 5.32 Å². The summed E-state index contributed by atoms with van der Waals surface area (Å²) in [6.45, 7) is 5.62. The smallest absolute Gasteiger partial charge is 0.0386 e. The van der Waals surface area contributed by atoms with Gasteiger partial charge in [-0.3, -0.25) is 0 Å². The molecule has 1 unspecified atom stereocenters. The van der Waals surface area contributed by atoms with Gasteiger partial charge in [-0.05, 0) is 51.3 Å². The van der Waals surface area contributed by atoms with Crippen molar-refractivity contribution in [2.24, 2.45) is 5.92 Å². The summed E-state index contributed by atoms with van der Waals surface area (Å²) < 4.78 is 0. The van der Waals surface area contributed by atoms with E-state index >= 15 is 0 Å². The number of hydrogen-bond acceptors (Lipinski definition) is 2. The second kappa shape index (κ2) is 5.13. The van der Waals surface area contributed by atoms with E-state index in [2.05, 4.69) is 31.3 Å². The van der Waals surface area contributed by atoms with E-state index in [4.69, 9.17) is 0 Å². The third-order valence-corrected chi connectivity index (χ3v) is 4.31. The first-order valence-electron chi connectivity index (χ1n) is 6.05. The maximum Gasteiger partial charge on any atom is 0.0386 e. The van der Waals surface area contributed by atoms with Crippen LogP contribution >= 0.6 is 11.3 Å². The highest BCUT2D eigenvalue weighted by molar-refractivity contribution is 7.12. The summed E-state index contributed by atoms with van der Waals surface area (Å²) in [6.07, 6.45) is 5.75. The van der Waals surface area contributed by atoms with Crippen LogP contribution in [0, 0.1) is 12.8 Å². The number of hydrogen-bond donors (Lipinski definition) is 1. The number of thiophene rings is 1. The van der Waals surface area contributed by atoms with Crippen molar-refractivity contribution in [3.05, 3.63) is 21.9 Å². The van der Waals surface area contributed by atoms with Crippen molar-refractivity contribution >= 4 is 11.3 Å². The quantitative estimate of drug-likeness (QED) is 0.721. The molecule has 0 amide bonds. The SMILES string of the molecule is Cc1ccc(C(C)NCCCC2CC2)s1. The molecule has 1 aromatic rings. The molecule has 1 aliphatic carbocycles. The van der Waals surface area contributed by atoms with Crippen LogP contribution in [0.4, 0.5) is 0 Å². The molecule has 0 aliphatic heterocycles. The van der Waals surface area contributed by atoms with Crippen LogP contribution < -0.4 is 5.32 Å². The maximum absolute atomic E-state index is 3.61. The van der Waals surface area contributed by atoms with Crippen molar-refractivity contribution in [2.45, 2.75) is 45.6 Å². The molecule has 0 radical (unpaired) electrons. The Morgan fingerprint density at radius 1 is 1.47 bits per heavy atom. The van der Waals surface area contributed by atoms with Gasteiger partial charge in [-0.2, -0.15) is 0 Å². The van der Waals surface area contributed by atoms with E-state index in [1.165, 1.54) is 42.0 Å². The van der Waals surface area contributed by atoms with Crippen LogP contribution in [0.3, 0.4) is 0 Å². The minimum absolute atomic E-state index is 0.530. The predicted molar refractivity (Wildman–Crippen MR) is 67.4 cm³/mol. The molecule has 84 valence electrons. The third-order valence-electron chi connectivity index (χ3n) is 3.12. The zero-order valence-electron chi connectivity index (χ0n) is 9.75. The molecule has 2 rings (SSSR count). The Morgan fingerprint density at radius 2 is 2.27 bits per heavy atom. The summed E-state index contributed by atoms with van der Waals surface area (Å²) in [6, 6.07) is 4.99. The number of rotatable bonds is 6. The Morgan fingerprint density at radius 3 is 2.87 bits per heavy atom. The highest BCUT2D eigenvalue weighted by Crippen LogP contribution is 2.33. The van der Waals surface area contributed by atoms with Crippen molar-refractivity contribution < 1.29 is 0 Å². The third kappa shape index (κ3) is 3.62. The van der Waals surface area contributed by atoms with Gasteiger partial charge in [0.1, 0.15) is 0 Å². The molecule has 1 N–H and O–H groups in total. The zero-order chi connectivity index (χ0) is 10.7. The second-order valence-corrected chi connectivity index (χ2v) is 6.03. The second-order valence-electron chi connectivity index (χ2n) is 4.71. The van der Waals surface area contributed by atoms with Gasteiger partial charge in [-0.1, -0.05) is 12.8 Å². The lowest BCUT2D eigenvalue weighted by Crippen LogP contribution is -2.19. The van der Waals surface area contributed by atoms with Crippen LogP contribution in [-0.4, -0.2) is 6.54 Å². The van der Waals surface area contributed by atoms with E-state index < -0.39 is 0 Å². The van der Waals surface area contributed by atoms with E-state index in [9.17, 15) is 0 Å². The van der Waals surface area contributed by atoms with Crippen molar-refractivity contribution in [2.75, 3.05) is 6.54 Å². The topological polar surface area (TPSA) is 12.0 Å². The molecule has 1 heterocycles. The molecule has 2 heteroatoms. The van der Waals surface area contributed by atoms with E-state index in [1.807, 2.05) is 11.3 Å². The average molecular weight is 223 g/mol. The Hall–Kier alpha value is -0.340. The minimum atomic E-state index is 0.530. The van der Waals surface area contributed by atoms with Gasteiger partial charge >= 0.3 is 0 Å². The molecule has 1 nitrogen and oxygen atoms in total. The van der Waals surface area contributed by atoms with Gasteiger partial charge in [-0.25, -0.2) is 0 Å². The Balaban J connectivity index is 1.64. The summed E-state index contributed by atoms with van der Waals surface area (Å²) in [4.78, 5) is 2.88. The van der Waals surface area contributed by atoms with Crippen LogP contribution in [0.2, 0.25) is 0 Å². The summed E-state index contributed by atoms with van der Waals surface area (Å²) in [5.41, 5.74) is 0. The fraction of sp³-hybridized carbons (Fsp3) is 0.692. The van der Waals surface area contributed by atoms with Gasteiger partial charge in [0.25, 0.3) is 0 Å². The highest BCUT2D eigenvalue weighted by atomic mass is 32.1. The molecule has 1 atom stereocenters. The normalized spacial score (nSPS) is 18.0. The molecule has 0 aromatic carbocycles. The van der Waals surface area contributed by atoms with Gasteiger partial charge in [0.2, 0.25) is 0 Å². The van der Waals surface area contributed by atoms with Gasteiger partial charge in [0.05, 0.1) is 0 Å². The predicted octanol–water partition coefficient (Wildman–Crippen LogP) is 3.90. The maximum atomic E-state index is 3.61. The summed E-state index contributed by atoms with van der Waals surface area (Å²) >= 11 is 1.91. The molecule has 1 saturated carbocycles. The van der Waals surface area contributed by atoms with Gasteiger partial charge in [0, 0.05) is 15.8 Å². The molecule has 1 aromatic heterocycles. The minimum Gasteiger partial charge on any atom is -0.309 e. The first-order chi connectivity index (χ1) is 7.25. The van der Waals surface area contributed by atoms with Crippen molar-refractivity contribution in [3.63, 3.8) is 0 Å². The summed E-state index contributed by atoms with van der Waals surface area (Å²) in [7, 11) is 0. The van der Waals surface area contributed by atoms with Gasteiger partial charge in [-0.15, -0.1) is 11.3 Å². The zero-order valence-corrected chi connectivity index (χ0v) is 10.6. The standard InChI is InChI=1S/C13H21NS/c1-10-5-8-13(15-10)11(2)14-9-3-4-12-6-7-12/h5,8,11-12,14H,3-4,6-7,9H2,1-2H3. The van der Waals surface area contributed by atoms with Crippen molar-refractivity contribution in [3.8, 4) is 0 Å². The molecule has 0 spiro atoms. The van der Waals surface area contributed by atoms with Crippen molar-refractivity contribution in [1.82, 2.24) is 5.32 Å². The van der Waals surface area contributed by atoms with Crippen molar-refractivity contribution in [1.29, 1.82) is 0 Å². The van der Waals surface area contributed by atoms with E-state index in [-0.39, 0.29) is 0 Å². The highest BCUT2D eigenvalue weighted by Gasteiger charge is 2.20. The summed E-state index contributed by atoms with van der Waals surface area (Å²) in [5, 5.41) is 3.61.